The summed E-state index contributed by atoms with van der Waals surface area (Å²) in [4.78, 5) is 19.8. The summed E-state index contributed by atoms with van der Waals surface area (Å²) in [6.45, 7) is 7.11. The molecule has 2 unspecified atom stereocenters. The number of thiophene rings is 1. The van der Waals surface area contributed by atoms with Gasteiger partial charge in [0.2, 0.25) is 5.91 Å². The van der Waals surface area contributed by atoms with Crippen molar-refractivity contribution < 1.29 is 4.79 Å². The summed E-state index contributed by atoms with van der Waals surface area (Å²) in [6, 6.07) is 4.85. The highest BCUT2D eigenvalue weighted by atomic mass is 127. The molecule has 3 N–H and O–H groups in total. The lowest BCUT2D eigenvalue weighted by Gasteiger charge is -2.39. The quantitative estimate of drug-likeness (QED) is 0.230. The Hall–Kier alpha value is -0.870. The van der Waals surface area contributed by atoms with Crippen LogP contribution in [0.1, 0.15) is 37.6 Å². The van der Waals surface area contributed by atoms with Crippen molar-refractivity contribution in [3.05, 3.63) is 22.4 Å². The van der Waals surface area contributed by atoms with Crippen LogP contribution in [0.4, 0.5) is 0 Å². The maximum atomic E-state index is 11.6. The predicted octanol–water partition coefficient (Wildman–Crippen LogP) is 2.69. The van der Waals surface area contributed by atoms with Crippen LogP contribution in [-0.4, -0.2) is 57.0 Å². The third kappa shape index (κ3) is 7.57. The van der Waals surface area contributed by atoms with E-state index >= 15 is 0 Å². The number of carbonyl (C=O) groups excluding carboxylic acids is 1. The van der Waals surface area contributed by atoms with Crippen LogP contribution in [0.2, 0.25) is 0 Å². The molecule has 0 aromatic carbocycles. The Kier molecular flexibility index (Phi) is 11.2. The van der Waals surface area contributed by atoms with E-state index < -0.39 is 0 Å². The van der Waals surface area contributed by atoms with E-state index in [1.54, 1.807) is 7.05 Å². The molecule has 0 bridgehead atoms. The van der Waals surface area contributed by atoms with E-state index in [1.807, 2.05) is 25.2 Å². The van der Waals surface area contributed by atoms with Gasteiger partial charge in [-0.25, -0.2) is 0 Å². The van der Waals surface area contributed by atoms with Crippen molar-refractivity contribution in [2.75, 3.05) is 40.3 Å². The number of piperidine rings is 1. The summed E-state index contributed by atoms with van der Waals surface area (Å²) in [6.07, 6.45) is 2.46. The van der Waals surface area contributed by atoms with Crippen LogP contribution in [0.3, 0.4) is 0 Å². The van der Waals surface area contributed by atoms with Crippen LogP contribution in [0.15, 0.2) is 22.5 Å². The van der Waals surface area contributed by atoms with Gasteiger partial charge in [-0.3, -0.25) is 14.7 Å². The predicted molar refractivity (Wildman–Crippen MR) is 125 cm³/mol. The lowest BCUT2D eigenvalue weighted by atomic mass is 9.88. The number of carbonyl (C=O) groups is 1. The summed E-state index contributed by atoms with van der Waals surface area (Å²) in [5, 5.41) is 11.8. The zero-order valence-corrected chi connectivity index (χ0v) is 20.0. The number of hydrogen-bond acceptors (Lipinski definition) is 4. The number of guanidine groups is 1. The first kappa shape index (κ1) is 24.2. The number of nitrogens with zero attached hydrogens (tertiary/aromatic N) is 2. The van der Waals surface area contributed by atoms with Gasteiger partial charge in [0.25, 0.3) is 0 Å². The highest BCUT2D eigenvalue weighted by molar-refractivity contribution is 14.0. The molecule has 27 heavy (non-hydrogen) atoms. The molecule has 1 aliphatic heterocycles. The molecule has 8 heteroatoms. The first-order chi connectivity index (χ1) is 12.5. The number of likely N-dealkylation sites (tertiary alicyclic amines) is 1. The zero-order chi connectivity index (χ0) is 18.9. The van der Waals surface area contributed by atoms with E-state index in [-0.39, 0.29) is 35.8 Å². The molecule has 1 aliphatic rings. The Labute approximate surface area is 184 Å². The van der Waals surface area contributed by atoms with Crippen LogP contribution in [0.5, 0.6) is 0 Å². The summed E-state index contributed by atoms with van der Waals surface area (Å²) in [5.74, 6) is 1.46. The topological polar surface area (TPSA) is 68.8 Å². The molecule has 1 fully saturated rings. The normalized spacial score (nSPS) is 20.9. The fourth-order valence-electron chi connectivity index (χ4n) is 3.40. The lowest BCUT2D eigenvalue weighted by Crippen LogP contribution is -2.46. The third-order valence-electron chi connectivity index (χ3n) is 4.84. The van der Waals surface area contributed by atoms with Gasteiger partial charge in [0.05, 0.1) is 0 Å². The number of aliphatic imine (C=N–C) groups is 1. The lowest BCUT2D eigenvalue weighted by molar-refractivity contribution is -0.123. The minimum Gasteiger partial charge on any atom is -0.356 e. The molecule has 1 aromatic rings. The number of nitrogens with one attached hydrogen (secondary N) is 3. The van der Waals surface area contributed by atoms with Crippen LogP contribution in [0.25, 0.3) is 0 Å². The number of hydrogen-bond donors (Lipinski definition) is 3. The van der Waals surface area contributed by atoms with E-state index in [4.69, 9.17) is 0 Å². The Morgan fingerprint density at radius 3 is 2.70 bits per heavy atom. The van der Waals surface area contributed by atoms with Gasteiger partial charge in [0, 0.05) is 43.5 Å². The fourth-order valence-corrected chi connectivity index (χ4v) is 4.38. The minimum atomic E-state index is 0. The molecular formula is C19H34IN5OS. The SMILES string of the molecule is CN=C(NCCNC(=O)C(C)C)NCC1CCCN(C)C1c1cccs1.I. The van der Waals surface area contributed by atoms with E-state index in [0.29, 0.717) is 25.0 Å². The van der Waals surface area contributed by atoms with Gasteiger partial charge in [-0.2, -0.15) is 0 Å². The van der Waals surface area contributed by atoms with Crippen molar-refractivity contribution in [3.8, 4) is 0 Å². The van der Waals surface area contributed by atoms with Crippen molar-refractivity contribution >= 4 is 47.2 Å². The second-order valence-electron chi connectivity index (χ2n) is 7.17. The largest absolute Gasteiger partial charge is 0.356 e. The Morgan fingerprint density at radius 1 is 1.33 bits per heavy atom. The van der Waals surface area contributed by atoms with E-state index in [1.165, 1.54) is 17.7 Å². The highest BCUT2D eigenvalue weighted by Crippen LogP contribution is 2.36. The van der Waals surface area contributed by atoms with Crippen molar-refractivity contribution in [2.24, 2.45) is 16.8 Å². The minimum absolute atomic E-state index is 0. The molecule has 1 aromatic heterocycles. The van der Waals surface area contributed by atoms with Crippen LogP contribution in [0, 0.1) is 11.8 Å². The number of rotatable bonds is 7. The van der Waals surface area contributed by atoms with Gasteiger partial charge in [0.1, 0.15) is 0 Å². The van der Waals surface area contributed by atoms with Gasteiger partial charge >= 0.3 is 0 Å². The van der Waals surface area contributed by atoms with Gasteiger partial charge < -0.3 is 16.0 Å². The molecule has 154 valence electrons. The molecular weight excluding hydrogens is 473 g/mol. The first-order valence-corrected chi connectivity index (χ1v) is 10.4. The van der Waals surface area contributed by atoms with Crippen molar-refractivity contribution in [1.82, 2.24) is 20.9 Å². The fraction of sp³-hybridized carbons (Fsp3) is 0.684. The molecule has 1 amide bonds. The maximum Gasteiger partial charge on any atom is 0.222 e. The smallest absolute Gasteiger partial charge is 0.222 e. The molecule has 2 atom stereocenters. The molecule has 0 aliphatic carbocycles. The van der Waals surface area contributed by atoms with Crippen LogP contribution >= 0.6 is 35.3 Å². The molecule has 2 heterocycles. The zero-order valence-electron chi connectivity index (χ0n) is 16.8. The Balaban J connectivity index is 0.00000364. The van der Waals surface area contributed by atoms with Gasteiger partial charge in [0.15, 0.2) is 5.96 Å². The van der Waals surface area contributed by atoms with Crippen molar-refractivity contribution in [2.45, 2.75) is 32.7 Å². The Morgan fingerprint density at radius 2 is 2.07 bits per heavy atom. The van der Waals surface area contributed by atoms with Crippen LogP contribution in [-0.2, 0) is 4.79 Å². The number of halogens is 1. The summed E-state index contributed by atoms with van der Waals surface area (Å²) >= 11 is 1.84. The van der Waals surface area contributed by atoms with Gasteiger partial charge in [-0.1, -0.05) is 19.9 Å². The second-order valence-corrected chi connectivity index (χ2v) is 8.15. The highest BCUT2D eigenvalue weighted by Gasteiger charge is 2.31. The maximum absolute atomic E-state index is 11.6. The molecule has 0 saturated carbocycles. The van der Waals surface area contributed by atoms with Crippen LogP contribution < -0.4 is 16.0 Å². The summed E-state index contributed by atoms with van der Waals surface area (Å²) in [7, 11) is 4.01. The van der Waals surface area contributed by atoms with Gasteiger partial charge in [-0.15, -0.1) is 35.3 Å². The molecule has 6 nitrogen and oxygen atoms in total. The average Bonchev–Trinajstić information content (AvgIpc) is 3.14. The standard InChI is InChI=1S/C19H33N5OS.HI/c1-14(2)18(25)21-9-10-22-19(20-3)23-13-15-7-5-11-24(4)17(15)16-8-6-12-26-16;/h6,8,12,14-15,17H,5,7,9-11,13H2,1-4H3,(H,21,25)(H2,20,22,23);1H. The monoisotopic (exact) mass is 507 g/mol. The Bertz CT molecular complexity index is 579. The average molecular weight is 507 g/mol. The second kappa shape index (κ2) is 12.6. The van der Waals surface area contributed by atoms with E-state index in [9.17, 15) is 4.79 Å². The third-order valence-corrected chi connectivity index (χ3v) is 5.78. The molecule has 0 spiro atoms. The summed E-state index contributed by atoms with van der Waals surface area (Å²) < 4.78 is 0. The van der Waals surface area contributed by atoms with E-state index in [0.717, 1.165) is 19.0 Å². The molecule has 1 saturated heterocycles. The van der Waals surface area contributed by atoms with E-state index in [2.05, 4.69) is 50.4 Å². The number of amides is 1. The summed E-state index contributed by atoms with van der Waals surface area (Å²) in [5.41, 5.74) is 0. The molecule has 0 radical (unpaired) electrons. The van der Waals surface area contributed by atoms with Crippen molar-refractivity contribution in [1.29, 1.82) is 0 Å². The van der Waals surface area contributed by atoms with Gasteiger partial charge in [-0.05, 0) is 43.8 Å². The van der Waals surface area contributed by atoms with Crippen molar-refractivity contribution in [3.63, 3.8) is 0 Å². The molecule has 2 rings (SSSR count). The first-order valence-electron chi connectivity index (χ1n) is 9.48.